The Morgan fingerprint density at radius 2 is 1.56 bits per heavy atom. The Morgan fingerprint density at radius 1 is 0.902 bits per heavy atom. The lowest BCUT2D eigenvalue weighted by atomic mass is 10.0. The van der Waals surface area contributed by atoms with E-state index in [1.165, 1.54) is 0 Å². The second-order valence-electron chi connectivity index (χ2n) is 9.61. The second kappa shape index (κ2) is 16.8. The Labute approximate surface area is 237 Å². The molecular weight excluding hydrogens is 534 g/mol. The minimum atomic E-state index is -1.58. The predicted octanol–water partition coefficient (Wildman–Crippen LogP) is -2.25. The molecule has 2 rings (SSSR count). The van der Waals surface area contributed by atoms with Gasteiger partial charge in [-0.25, -0.2) is 4.79 Å². The second-order valence-corrected chi connectivity index (χ2v) is 9.61. The minimum Gasteiger partial charge on any atom is -0.480 e. The van der Waals surface area contributed by atoms with Gasteiger partial charge in [0, 0.05) is 30.1 Å². The van der Waals surface area contributed by atoms with Gasteiger partial charge in [-0.15, -0.1) is 0 Å². The van der Waals surface area contributed by atoms with Crippen molar-refractivity contribution in [3.05, 3.63) is 36.0 Å². The fourth-order valence-corrected chi connectivity index (χ4v) is 4.15. The number of nitrogens with two attached hydrogens (primary N) is 4. The van der Waals surface area contributed by atoms with E-state index in [-0.39, 0.29) is 25.3 Å². The summed E-state index contributed by atoms with van der Waals surface area (Å²) in [5.41, 5.74) is 23.7. The van der Waals surface area contributed by atoms with Crippen molar-refractivity contribution in [1.29, 1.82) is 0 Å². The van der Waals surface area contributed by atoms with Crippen molar-refractivity contribution in [2.24, 2.45) is 27.9 Å². The van der Waals surface area contributed by atoms with Gasteiger partial charge in [0.2, 0.25) is 17.7 Å². The van der Waals surface area contributed by atoms with E-state index in [4.69, 9.17) is 22.9 Å². The topological polar surface area (TPSA) is 277 Å². The SMILES string of the molecule is NCCCCC(N)C(=O)NC(CCCN=C(N)N)C(=O)NC(Cc1c[nH]c2ccccc12)C(=O)NC(CO)C(=O)O. The number of carbonyl (C=O) groups excluding carboxylic acids is 3. The number of aromatic amines is 1. The highest BCUT2D eigenvalue weighted by molar-refractivity contribution is 5.94. The fraction of sp³-hybridized carbons (Fsp3) is 0.500. The molecule has 0 aliphatic carbocycles. The number of aliphatic hydroxyl groups excluding tert-OH is 1. The van der Waals surface area contributed by atoms with Crippen LogP contribution in [0.25, 0.3) is 10.9 Å². The van der Waals surface area contributed by atoms with Crippen LogP contribution in [-0.2, 0) is 25.6 Å². The molecule has 14 N–H and O–H groups in total. The summed E-state index contributed by atoms with van der Waals surface area (Å²) in [6.45, 7) is -0.190. The Balaban J connectivity index is 2.27. The van der Waals surface area contributed by atoms with E-state index in [0.29, 0.717) is 37.8 Å². The number of guanidine groups is 1. The van der Waals surface area contributed by atoms with E-state index in [1.807, 2.05) is 24.3 Å². The van der Waals surface area contributed by atoms with Crippen LogP contribution in [0.3, 0.4) is 0 Å². The molecule has 15 heteroatoms. The molecule has 3 amide bonds. The van der Waals surface area contributed by atoms with Gasteiger partial charge in [-0.3, -0.25) is 19.4 Å². The molecule has 0 aliphatic heterocycles. The molecule has 0 saturated heterocycles. The number of unbranched alkanes of at least 4 members (excludes halogenated alkanes) is 1. The molecule has 0 spiro atoms. The molecule has 4 atom stereocenters. The number of fused-ring (bicyclic) bond motifs is 1. The zero-order valence-corrected chi connectivity index (χ0v) is 22.8. The molecule has 2 aromatic rings. The van der Waals surface area contributed by atoms with Gasteiger partial charge in [0.25, 0.3) is 0 Å². The smallest absolute Gasteiger partial charge is 0.328 e. The van der Waals surface area contributed by atoms with Crippen molar-refractivity contribution in [3.63, 3.8) is 0 Å². The summed E-state index contributed by atoms with van der Waals surface area (Å²) in [5.74, 6) is -3.62. The zero-order chi connectivity index (χ0) is 30.4. The van der Waals surface area contributed by atoms with Crippen LogP contribution >= 0.6 is 0 Å². The number of aliphatic hydroxyl groups is 1. The highest BCUT2D eigenvalue weighted by atomic mass is 16.4. The number of benzene rings is 1. The fourth-order valence-electron chi connectivity index (χ4n) is 4.15. The number of H-pyrrole nitrogens is 1. The van der Waals surface area contributed by atoms with E-state index in [0.717, 1.165) is 10.9 Å². The van der Waals surface area contributed by atoms with Gasteiger partial charge in [0.15, 0.2) is 5.96 Å². The average molecular weight is 576 g/mol. The first-order valence-electron chi connectivity index (χ1n) is 13.4. The van der Waals surface area contributed by atoms with Gasteiger partial charge >= 0.3 is 5.97 Å². The van der Waals surface area contributed by atoms with Crippen LogP contribution in [0.5, 0.6) is 0 Å². The number of carbonyl (C=O) groups is 4. The van der Waals surface area contributed by atoms with E-state index in [2.05, 4.69) is 25.9 Å². The summed E-state index contributed by atoms with van der Waals surface area (Å²) >= 11 is 0. The number of amides is 3. The van der Waals surface area contributed by atoms with Gasteiger partial charge in [0.1, 0.15) is 18.1 Å². The number of nitrogens with zero attached hydrogens (tertiary/aromatic N) is 1. The van der Waals surface area contributed by atoms with Crippen molar-refractivity contribution < 1.29 is 29.4 Å². The molecule has 0 aliphatic rings. The number of hydrogen-bond acceptors (Lipinski definition) is 8. The number of carboxylic acid groups (broad SMARTS) is 1. The van der Waals surface area contributed by atoms with E-state index in [1.54, 1.807) is 6.20 Å². The van der Waals surface area contributed by atoms with Gasteiger partial charge < -0.3 is 54.1 Å². The lowest BCUT2D eigenvalue weighted by Crippen LogP contribution is -2.58. The number of carboxylic acids is 1. The Kier molecular flexibility index (Phi) is 13.5. The van der Waals surface area contributed by atoms with Gasteiger partial charge in [-0.2, -0.15) is 0 Å². The summed E-state index contributed by atoms with van der Waals surface area (Å²) in [6, 6.07) is 2.55. The molecule has 1 heterocycles. The number of aliphatic imine (C=N–C) groups is 1. The summed E-state index contributed by atoms with van der Waals surface area (Å²) in [6.07, 6.45) is 3.82. The molecule has 0 fully saturated rings. The van der Waals surface area contributed by atoms with Crippen molar-refractivity contribution in [1.82, 2.24) is 20.9 Å². The van der Waals surface area contributed by atoms with Gasteiger partial charge in [-0.05, 0) is 43.9 Å². The van der Waals surface area contributed by atoms with Crippen LogP contribution in [0.1, 0.15) is 37.7 Å². The molecule has 15 nitrogen and oxygen atoms in total. The van der Waals surface area contributed by atoms with Crippen LogP contribution in [0.4, 0.5) is 0 Å². The monoisotopic (exact) mass is 575 g/mol. The van der Waals surface area contributed by atoms with Gasteiger partial charge in [0.05, 0.1) is 12.6 Å². The average Bonchev–Trinajstić information content (AvgIpc) is 3.35. The number of para-hydroxylation sites is 1. The minimum absolute atomic E-state index is 0.00732. The van der Waals surface area contributed by atoms with E-state index < -0.39 is 54.5 Å². The molecule has 41 heavy (non-hydrogen) atoms. The Bertz CT molecular complexity index is 1200. The molecule has 1 aromatic carbocycles. The quantitative estimate of drug-likeness (QED) is 0.0518. The Morgan fingerprint density at radius 3 is 2.22 bits per heavy atom. The number of aliphatic carboxylic acids is 1. The molecule has 4 unspecified atom stereocenters. The summed E-state index contributed by atoms with van der Waals surface area (Å²) in [4.78, 5) is 57.8. The Hall–Kier alpha value is -4.21. The van der Waals surface area contributed by atoms with Crippen LogP contribution in [0, 0.1) is 0 Å². The molecule has 1 aromatic heterocycles. The van der Waals surface area contributed by atoms with E-state index >= 15 is 0 Å². The molecular formula is C26H41N9O6. The zero-order valence-electron chi connectivity index (χ0n) is 22.8. The largest absolute Gasteiger partial charge is 0.480 e. The molecule has 226 valence electrons. The standard InChI is InChI=1S/C26H41N9O6/c27-10-4-3-7-17(28)22(37)33-19(9-5-11-31-26(29)30)23(38)34-20(24(39)35-21(14-36)25(40)41)12-15-13-32-18-8-2-1-6-16(15)18/h1-2,6,8,13,17,19-21,32,36H,3-5,7,9-12,14,27-28H2,(H,33,37)(H,34,38)(H,35,39)(H,40,41)(H4,29,30,31). The van der Waals surface area contributed by atoms with Crippen LogP contribution < -0.4 is 38.9 Å². The molecule has 0 saturated carbocycles. The first kappa shape index (κ1) is 33.0. The third kappa shape index (κ3) is 10.7. The van der Waals surface area contributed by atoms with Crippen molar-refractivity contribution in [2.75, 3.05) is 19.7 Å². The van der Waals surface area contributed by atoms with Crippen LogP contribution in [-0.4, -0.2) is 88.7 Å². The normalized spacial score (nSPS) is 13.9. The van der Waals surface area contributed by atoms with Crippen LogP contribution in [0.2, 0.25) is 0 Å². The van der Waals surface area contributed by atoms with Crippen molar-refractivity contribution >= 4 is 40.6 Å². The number of rotatable bonds is 18. The third-order valence-electron chi connectivity index (χ3n) is 6.41. The predicted molar refractivity (Wildman–Crippen MR) is 153 cm³/mol. The molecule has 0 radical (unpaired) electrons. The molecule has 0 bridgehead atoms. The summed E-state index contributed by atoms with van der Waals surface area (Å²) < 4.78 is 0. The lowest BCUT2D eigenvalue weighted by Gasteiger charge is -2.25. The van der Waals surface area contributed by atoms with Crippen LogP contribution in [0.15, 0.2) is 35.5 Å². The first-order valence-corrected chi connectivity index (χ1v) is 13.4. The third-order valence-corrected chi connectivity index (χ3v) is 6.41. The van der Waals surface area contributed by atoms with E-state index in [9.17, 15) is 29.4 Å². The highest BCUT2D eigenvalue weighted by Crippen LogP contribution is 2.19. The van der Waals surface area contributed by atoms with Crippen molar-refractivity contribution in [3.8, 4) is 0 Å². The maximum atomic E-state index is 13.5. The number of nitrogens with one attached hydrogen (secondary N) is 4. The maximum absolute atomic E-state index is 13.5. The lowest BCUT2D eigenvalue weighted by molar-refractivity contribution is -0.143. The summed E-state index contributed by atoms with van der Waals surface area (Å²) in [5, 5.41) is 27.0. The summed E-state index contributed by atoms with van der Waals surface area (Å²) in [7, 11) is 0. The number of hydrogen-bond donors (Lipinski definition) is 10. The number of aromatic nitrogens is 1. The van der Waals surface area contributed by atoms with Gasteiger partial charge in [-0.1, -0.05) is 24.6 Å². The highest BCUT2D eigenvalue weighted by Gasteiger charge is 2.30. The first-order chi connectivity index (χ1) is 19.6. The maximum Gasteiger partial charge on any atom is 0.328 e. The van der Waals surface area contributed by atoms with Crippen molar-refractivity contribution in [2.45, 2.75) is 62.7 Å².